The predicted octanol–water partition coefficient (Wildman–Crippen LogP) is 2.71. The Balaban J connectivity index is 2.35. The lowest BCUT2D eigenvalue weighted by Gasteiger charge is -2.32. The average Bonchev–Trinajstić information content (AvgIpc) is 2.46. The number of hydrogen-bond acceptors (Lipinski definition) is 2. The van der Waals surface area contributed by atoms with E-state index in [9.17, 15) is 5.11 Å². The van der Waals surface area contributed by atoms with Gasteiger partial charge in [-0.2, -0.15) is 0 Å². The molecule has 0 radical (unpaired) electrons. The van der Waals surface area contributed by atoms with E-state index >= 15 is 0 Å². The van der Waals surface area contributed by atoms with Crippen LogP contribution in [0.2, 0.25) is 0 Å². The highest BCUT2D eigenvalue weighted by molar-refractivity contribution is 4.85. The van der Waals surface area contributed by atoms with Crippen LogP contribution in [0.3, 0.4) is 0 Å². The van der Waals surface area contributed by atoms with Crippen molar-refractivity contribution in [1.82, 2.24) is 5.32 Å². The van der Waals surface area contributed by atoms with Crippen molar-refractivity contribution in [2.75, 3.05) is 13.1 Å². The summed E-state index contributed by atoms with van der Waals surface area (Å²) in [6, 6.07) is 0. The largest absolute Gasteiger partial charge is 0.389 e. The molecule has 1 rings (SSSR count). The lowest BCUT2D eigenvalue weighted by atomic mass is 9.83. The molecule has 2 nitrogen and oxygen atoms in total. The summed E-state index contributed by atoms with van der Waals surface area (Å²) in [7, 11) is 0. The van der Waals surface area contributed by atoms with Crippen LogP contribution in [-0.2, 0) is 0 Å². The molecule has 0 aliphatic heterocycles. The Morgan fingerprint density at radius 3 is 2.33 bits per heavy atom. The van der Waals surface area contributed by atoms with E-state index in [1.54, 1.807) is 0 Å². The van der Waals surface area contributed by atoms with E-state index < -0.39 is 5.60 Å². The molecule has 0 bridgehead atoms. The van der Waals surface area contributed by atoms with Crippen LogP contribution >= 0.6 is 0 Å². The summed E-state index contributed by atoms with van der Waals surface area (Å²) in [5.41, 5.74) is -0.500. The van der Waals surface area contributed by atoms with Gasteiger partial charge < -0.3 is 10.4 Å². The third-order valence-corrected chi connectivity index (χ3v) is 3.64. The fourth-order valence-electron chi connectivity index (χ4n) is 2.56. The Morgan fingerprint density at radius 2 is 1.80 bits per heavy atom. The maximum Gasteiger partial charge on any atom is 0.0771 e. The first-order chi connectivity index (χ1) is 7.17. The van der Waals surface area contributed by atoms with Crippen LogP contribution < -0.4 is 5.32 Å². The van der Waals surface area contributed by atoms with Gasteiger partial charge in [0.1, 0.15) is 0 Å². The molecule has 1 atom stereocenters. The first-order valence-corrected chi connectivity index (χ1v) is 6.60. The number of hydrogen-bond donors (Lipinski definition) is 2. The Morgan fingerprint density at radius 1 is 1.20 bits per heavy atom. The van der Waals surface area contributed by atoms with Gasteiger partial charge >= 0.3 is 0 Å². The van der Waals surface area contributed by atoms with Crippen LogP contribution in [0.5, 0.6) is 0 Å². The van der Waals surface area contributed by atoms with E-state index in [1.807, 2.05) is 6.92 Å². The normalized spacial score (nSPS) is 23.4. The van der Waals surface area contributed by atoms with Crippen LogP contribution in [0.25, 0.3) is 0 Å². The maximum atomic E-state index is 10.4. The van der Waals surface area contributed by atoms with E-state index in [2.05, 4.69) is 12.2 Å². The van der Waals surface area contributed by atoms with Gasteiger partial charge in [0.05, 0.1) is 5.60 Å². The standard InChI is InChI=1S/C13H27NO/c1-3-10-14-11-13(2,15)12-8-6-4-5-7-9-12/h12,14-15H,3-11H2,1-2H3. The minimum atomic E-state index is -0.500. The fourth-order valence-corrected chi connectivity index (χ4v) is 2.56. The third-order valence-electron chi connectivity index (χ3n) is 3.64. The van der Waals surface area contributed by atoms with Gasteiger partial charge in [-0.15, -0.1) is 0 Å². The van der Waals surface area contributed by atoms with E-state index in [4.69, 9.17) is 0 Å². The summed E-state index contributed by atoms with van der Waals surface area (Å²) < 4.78 is 0. The van der Waals surface area contributed by atoms with Crippen molar-refractivity contribution in [2.24, 2.45) is 5.92 Å². The lowest BCUT2D eigenvalue weighted by molar-refractivity contribution is -0.00632. The SMILES string of the molecule is CCCNCC(C)(O)C1CCCCCC1. The summed E-state index contributed by atoms with van der Waals surface area (Å²) in [6.07, 6.45) is 8.87. The van der Waals surface area contributed by atoms with Gasteiger partial charge in [-0.1, -0.05) is 32.6 Å². The maximum absolute atomic E-state index is 10.4. The summed E-state index contributed by atoms with van der Waals surface area (Å²) in [5.74, 6) is 0.504. The Labute approximate surface area is 94.5 Å². The highest BCUT2D eigenvalue weighted by Gasteiger charge is 2.31. The molecule has 0 spiro atoms. The molecular weight excluding hydrogens is 186 g/mol. The second-order valence-electron chi connectivity index (χ2n) is 5.22. The van der Waals surface area contributed by atoms with E-state index in [1.165, 1.54) is 38.5 Å². The first-order valence-electron chi connectivity index (χ1n) is 6.60. The molecule has 0 amide bonds. The van der Waals surface area contributed by atoms with E-state index in [-0.39, 0.29) is 0 Å². The Kier molecular flexibility index (Phi) is 5.62. The molecule has 0 saturated heterocycles. The molecule has 2 heteroatoms. The molecule has 0 aromatic heterocycles. The molecule has 0 aromatic carbocycles. The molecule has 0 heterocycles. The molecule has 1 saturated carbocycles. The van der Waals surface area contributed by atoms with Gasteiger partial charge in [0.15, 0.2) is 0 Å². The zero-order valence-corrected chi connectivity index (χ0v) is 10.4. The topological polar surface area (TPSA) is 32.3 Å². The van der Waals surface area contributed by atoms with Crippen molar-refractivity contribution in [1.29, 1.82) is 0 Å². The molecule has 1 aliphatic carbocycles. The summed E-state index contributed by atoms with van der Waals surface area (Å²) in [6.45, 7) is 5.94. The third kappa shape index (κ3) is 4.52. The first kappa shape index (κ1) is 13.0. The van der Waals surface area contributed by atoms with Gasteiger partial charge in [-0.25, -0.2) is 0 Å². The highest BCUT2D eigenvalue weighted by Crippen LogP contribution is 2.31. The van der Waals surface area contributed by atoms with Crippen molar-refractivity contribution in [2.45, 2.75) is 64.4 Å². The van der Waals surface area contributed by atoms with Crippen LogP contribution in [0.1, 0.15) is 58.8 Å². The second-order valence-corrected chi connectivity index (χ2v) is 5.22. The van der Waals surface area contributed by atoms with E-state index in [0.717, 1.165) is 19.5 Å². The molecule has 1 fully saturated rings. The summed E-state index contributed by atoms with van der Waals surface area (Å²) in [4.78, 5) is 0. The van der Waals surface area contributed by atoms with Gasteiger partial charge in [0, 0.05) is 6.54 Å². The minimum absolute atomic E-state index is 0.500. The van der Waals surface area contributed by atoms with Crippen LogP contribution in [0, 0.1) is 5.92 Å². The lowest BCUT2D eigenvalue weighted by Crippen LogP contribution is -2.44. The molecule has 0 aromatic rings. The Bertz CT molecular complexity index is 160. The van der Waals surface area contributed by atoms with Gasteiger partial charge in [-0.05, 0) is 38.6 Å². The van der Waals surface area contributed by atoms with Crippen LogP contribution in [-0.4, -0.2) is 23.8 Å². The molecule has 15 heavy (non-hydrogen) atoms. The van der Waals surface area contributed by atoms with E-state index in [0.29, 0.717) is 5.92 Å². The predicted molar refractivity (Wildman–Crippen MR) is 65.0 cm³/mol. The minimum Gasteiger partial charge on any atom is -0.389 e. The monoisotopic (exact) mass is 213 g/mol. The number of nitrogens with one attached hydrogen (secondary N) is 1. The smallest absolute Gasteiger partial charge is 0.0771 e. The van der Waals surface area contributed by atoms with Crippen molar-refractivity contribution in [3.8, 4) is 0 Å². The molecule has 2 N–H and O–H groups in total. The van der Waals surface area contributed by atoms with Crippen molar-refractivity contribution in [3.05, 3.63) is 0 Å². The molecule has 1 unspecified atom stereocenters. The zero-order chi connectivity index (χ0) is 11.1. The van der Waals surface area contributed by atoms with Crippen LogP contribution in [0.4, 0.5) is 0 Å². The van der Waals surface area contributed by atoms with Gasteiger partial charge in [0.2, 0.25) is 0 Å². The number of aliphatic hydroxyl groups is 1. The van der Waals surface area contributed by atoms with Gasteiger partial charge in [0.25, 0.3) is 0 Å². The second kappa shape index (κ2) is 6.49. The zero-order valence-electron chi connectivity index (χ0n) is 10.4. The van der Waals surface area contributed by atoms with Crippen molar-refractivity contribution < 1.29 is 5.11 Å². The number of rotatable bonds is 5. The average molecular weight is 213 g/mol. The molecular formula is C13H27NO. The Hall–Kier alpha value is -0.0800. The molecule has 90 valence electrons. The van der Waals surface area contributed by atoms with Crippen molar-refractivity contribution >= 4 is 0 Å². The highest BCUT2D eigenvalue weighted by atomic mass is 16.3. The quantitative estimate of drug-likeness (QED) is 0.543. The molecule has 1 aliphatic rings. The summed E-state index contributed by atoms with van der Waals surface area (Å²) >= 11 is 0. The van der Waals surface area contributed by atoms with Gasteiger partial charge in [-0.3, -0.25) is 0 Å². The van der Waals surface area contributed by atoms with Crippen molar-refractivity contribution in [3.63, 3.8) is 0 Å². The fraction of sp³-hybridized carbons (Fsp3) is 1.00. The summed E-state index contributed by atoms with van der Waals surface area (Å²) in [5, 5.41) is 13.8. The van der Waals surface area contributed by atoms with Crippen LogP contribution in [0.15, 0.2) is 0 Å².